The van der Waals surface area contributed by atoms with Gasteiger partial charge in [-0.1, -0.05) is 11.2 Å². The molecule has 12 heavy (non-hydrogen) atoms. The second-order valence-corrected chi connectivity index (χ2v) is 2.79. The lowest BCUT2D eigenvalue weighted by atomic mass is 10.2. The average molecular weight is 180 g/mol. The van der Waals surface area contributed by atoms with Crippen LogP contribution in [0.2, 0.25) is 0 Å². The van der Waals surface area contributed by atoms with E-state index in [4.69, 9.17) is 11.3 Å². The topological polar surface area (TPSA) is 74.8 Å². The lowest BCUT2D eigenvalue weighted by Crippen LogP contribution is -1.92. The summed E-state index contributed by atoms with van der Waals surface area (Å²) in [7, 11) is 0. The van der Waals surface area contributed by atoms with Crippen LogP contribution in [0.25, 0.3) is 10.4 Å². The Morgan fingerprint density at radius 3 is 2.92 bits per heavy atom. The van der Waals surface area contributed by atoms with Crippen LogP contribution in [-0.2, 0) is 6.54 Å². The molecule has 4 nitrogen and oxygen atoms in total. The van der Waals surface area contributed by atoms with E-state index in [0.29, 0.717) is 5.69 Å². The molecule has 0 saturated heterocycles. The van der Waals surface area contributed by atoms with E-state index in [1.54, 1.807) is 12.1 Å². The quantitative estimate of drug-likeness (QED) is 0.237. The largest absolute Gasteiger partial charge is 0.398 e. The molecule has 1 aromatic carbocycles. The number of hydrogen-bond acceptors (Lipinski definition) is 3. The lowest BCUT2D eigenvalue weighted by molar-refractivity contribution is 1.05. The van der Waals surface area contributed by atoms with E-state index in [1.165, 1.54) is 0 Å². The standard InChI is InChI=1S/C7H8N4S/c8-7-3-6(12)2-1-5(7)4-10-11-9/h1-3,12H,4,8H2. The Hall–Kier alpha value is -1.32. The first kappa shape index (κ1) is 8.77. The average Bonchev–Trinajstić information content (AvgIpc) is 2.03. The minimum Gasteiger partial charge on any atom is -0.398 e. The van der Waals surface area contributed by atoms with Gasteiger partial charge >= 0.3 is 0 Å². The maximum atomic E-state index is 8.08. The predicted octanol–water partition coefficient (Wildman–Crippen LogP) is 2.37. The zero-order valence-corrected chi connectivity index (χ0v) is 7.20. The summed E-state index contributed by atoms with van der Waals surface area (Å²) in [6.45, 7) is 0.288. The van der Waals surface area contributed by atoms with Gasteiger partial charge in [-0.3, -0.25) is 0 Å². The Labute approximate surface area is 75.4 Å². The molecule has 0 aliphatic rings. The van der Waals surface area contributed by atoms with Crippen molar-refractivity contribution in [3.05, 3.63) is 34.2 Å². The Morgan fingerprint density at radius 1 is 1.58 bits per heavy atom. The number of azide groups is 1. The first-order chi connectivity index (χ1) is 5.74. The lowest BCUT2D eigenvalue weighted by Gasteiger charge is -2.01. The summed E-state index contributed by atoms with van der Waals surface area (Å²) in [5.41, 5.74) is 15.1. The zero-order chi connectivity index (χ0) is 8.97. The van der Waals surface area contributed by atoms with Crippen LogP contribution in [0.4, 0.5) is 5.69 Å². The van der Waals surface area contributed by atoms with Crippen LogP contribution in [0.1, 0.15) is 5.56 Å². The predicted molar refractivity (Wildman–Crippen MR) is 51.0 cm³/mol. The number of benzene rings is 1. The highest BCUT2D eigenvalue weighted by atomic mass is 32.1. The molecule has 62 valence electrons. The van der Waals surface area contributed by atoms with Gasteiger partial charge in [0.1, 0.15) is 0 Å². The van der Waals surface area contributed by atoms with Crippen LogP contribution < -0.4 is 5.73 Å². The third-order valence-electron chi connectivity index (χ3n) is 1.43. The number of nitrogens with zero attached hydrogens (tertiary/aromatic N) is 3. The summed E-state index contributed by atoms with van der Waals surface area (Å²) in [5.74, 6) is 0. The van der Waals surface area contributed by atoms with Gasteiger partial charge in [-0.2, -0.15) is 0 Å². The van der Waals surface area contributed by atoms with E-state index in [1.807, 2.05) is 6.07 Å². The fraction of sp³-hybridized carbons (Fsp3) is 0.143. The van der Waals surface area contributed by atoms with Crippen molar-refractivity contribution in [3.63, 3.8) is 0 Å². The van der Waals surface area contributed by atoms with Gasteiger partial charge < -0.3 is 5.73 Å². The molecule has 0 aromatic heterocycles. The summed E-state index contributed by atoms with van der Waals surface area (Å²) in [6, 6.07) is 5.33. The molecule has 0 atom stereocenters. The van der Waals surface area contributed by atoms with Gasteiger partial charge in [0.2, 0.25) is 0 Å². The van der Waals surface area contributed by atoms with Crippen molar-refractivity contribution in [1.82, 2.24) is 0 Å². The minimum atomic E-state index is 0.288. The summed E-state index contributed by atoms with van der Waals surface area (Å²) in [5, 5.41) is 3.41. The number of anilines is 1. The van der Waals surface area contributed by atoms with Crippen molar-refractivity contribution >= 4 is 18.3 Å². The van der Waals surface area contributed by atoms with Crippen LogP contribution in [-0.4, -0.2) is 0 Å². The molecule has 0 spiro atoms. The fourth-order valence-corrected chi connectivity index (χ4v) is 1.05. The van der Waals surface area contributed by atoms with Crippen LogP contribution in [0.15, 0.2) is 28.2 Å². The van der Waals surface area contributed by atoms with Gasteiger partial charge in [0, 0.05) is 15.5 Å². The van der Waals surface area contributed by atoms with Crippen LogP contribution in [0.3, 0.4) is 0 Å². The second kappa shape index (κ2) is 3.90. The third kappa shape index (κ3) is 2.08. The highest BCUT2D eigenvalue weighted by Crippen LogP contribution is 2.17. The van der Waals surface area contributed by atoms with E-state index in [2.05, 4.69) is 22.7 Å². The molecule has 2 N–H and O–H groups in total. The molecular formula is C7H8N4S. The second-order valence-electron chi connectivity index (χ2n) is 2.27. The first-order valence-electron chi connectivity index (χ1n) is 3.32. The van der Waals surface area contributed by atoms with Crippen molar-refractivity contribution in [1.29, 1.82) is 0 Å². The molecule has 0 saturated carbocycles. The molecule has 1 rings (SSSR count). The summed E-state index contributed by atoms with van der Waals surface area (Å²) < 4.78 is 0. The Balaban J connectivity index is 2.93. The van der Waals surface area contributed by atoms with E-state index < -0.39 is 0 Å². The molecule has 0 unspecified atom stereocenters. The SMILES string of the molecule is [N-]=[N+]=NCc1ccc(S)cc1N. The Morgan fingerprint density at radius 2 is 2.33 bits per heavy atom. The van der Waals surface area contributed by atoms with Crippen LogP contribution in [0.5, 0.6) is 0 Å². The normalized spacial score (nSPS) is 9.08. The van der Waals surface area contributed by atoms with Gasteiger partial charge in [0.25, 0.3) is 0 Å². The zero-order valence-electron chi connectivity index (χ0n) is 6.31. The monoisotopic (exact) mass is 180 g/mol. The molecule has 0 fully saturated rings. The minimum absolute atomic E-state index is 0.288. The summed E-state index contributed by atoms with van der Waals surface area (Å²) >= 11 is 4.11. The van der Waals surface area contributed by atoms with Gasteiger partial charge in [-0.05, 0) is 23.2 Å². The van der Waals surface area contributed by atoms with Gasteiger partial charge in [-0.25, -0.2) is 0 Å². The van der Waals surface area contributed by atoms with Crippen molar-refractivity contribution in [2.75, 3.05) is 5.73 Å². The molecule has 0 aliphatic carbocycles. The number of nitrogen functional groups attached to an aromatic ring is 1. The Bertz CT molecular complexity index is 330. The van der Waals surface area contributed by atoms with Crippen molar-refractivity contribution in [2.45, 2.75) is 11.4 Å². The first-order valence-corrected chi connectivity index (χ1v) is 3.77. The van der Waals surface area contributed by atoms with E-state index in [0.717, 1.165) is 10.5 Å². The van der Waals surface area contributed by atoms with Crippen LogP contribution in [0, 0.1) is 0 Å². The molecule has 0 aliphatic heterocycles. The van der Waals surface area contributed by atoms with Crippen molar-refractivity contribution in [3.8, 4) is 0 Å². The van der Waals surface area contributed by atoms with Crippen molar-refractivity contribution in [2.24, 2.45) is 5.11 Å². The smallest absolute Gasteiger partial charge is 0.0531 e. The fourth-order valence-electron chi connectivity index (χ4n) is 0.834. The molecule has 1 aromatic rings. The number of hydrogen-bond donors (Lipinski definition) is 2. The van der Waals surface area contributed by atoms with Crippen LogP contribution >= 0.6 is 12.6 Å². The number of rotatable bonds is 2. The summed E-state index contributed by atoms with van der Waals surface area (Å²) in [6.07, 6.45) is 0. The highest BCUT2D eigenvalue weighted by Gasteiger charge is 1.96. The summed E-state index contributed by atoms with van der Waals surface area (Å²) in [4.78, 5) is 3.45. The molecule has 0 bridgehead atoms. The molecular weight excluding hydrogens is 172 g/mol. The molecule has 0 amide bonds. The maximum absolute atomic E-state index is 8.08. The van der Waals surface area contributed by atoms with E-state index in [-0.39, 0.29) is 6.54 Å². The highest BCUT2D eigenvalue weighted by molar-refractivity contribution is 7.80. The molecule has 0 radical (unpaired) electrons. The number of nitrogens with two attached hydrogens (primary N) is 1. The molecule has 0 heterocycles. The third-order valence-corrected chi connectivity index (χ3v) is 1.71. The van der Waals surface area contributed by atoms with Gasteiger partial charge in [0.15, 0.2) is 0 Å². The molecule has 5 heteroatoms. The maximum Gasteiger partial charge on any atom is 0.0531 e. The number of thiol groups is 1. The van der Waals surface area contributed by atoms with Gasteiger partial charge in [0.05, 0.1) is 6.54 Å². The van der Waals surface area contributed by atoms with E-state index in [9.17, 15) is 0 Å². The van der Waals surface area contributed by atoms with Crippen molar-refractivity contribution < 1.29 is 0 Å². The Kier molecular flexibility index (Phi) is 2.85. The van der Waals surface area contributed by atoms with E-state index >= 15 is 0 Å². The van der Waals surface area contributed by atoms with Gasteiger partial charge in [-0.15, -0.1) is 12.6 Å².